The van der Waals surface area contributed by atoms with Gasteiger partial charge in [0.15, 0.2) is 0 Å². The standard InChI is InChI=1S/C12H19N7O2/c1-3-13-9-15-10(17-11(16-9)21-2)18-4-5-19-8(7-18)6-14-12(19)20/h8H,3-7H2,1-2H3,(H,14,20)(H,13,15,16,17). The molecule has 2 aliphatic rings. The molecule has 0 bridgehead atoms. The second-order valence-corrected chi connectivity index (χ2v) is 4.96. The Labute approximate surface area is 122 Å². The molecule has 2 saturated heterocycles. The lowest BCUT2D eigenvalue weighted by Crippen LogP contribution is -2.52. The molecular weight excluding hydrogens is 274 g/mol. The van der Waals surface area contributed by atoms with Crippen LogP contribution in [0.15, 0.2) is 0 Å². The summed E-state index contributed by atoms with van der Waals surface area (Å²) in [7, 11) is 1.53. The van der Waals surface area contributed by atoms with Crippen LogP contribution in [0.1, 0.15) is 6.92 Å². The van der Waals surface area contributed by atoms with Gasteiger partial charge in [-0.05, 0) is 6.92 Å². The second-order valence-electron chi connectivity index (χ2n) is 4.96. The molecule has 2 amide bonds. The molecule has 9 nitrogen and oxygen atoms in total. The van der Waals surface area contributed by atoms with Gasteiger partial charge >= 0.3 is 12.0 Å². The summed E-state index contributed by atoms with van der Waals surface area (Å²) in [5, 5.41) is 5.93. The summed E-state index contributed by atoms with van der Waals surface area (Å²) < 4.78 is 5.13. The SMILES string of the molecule is CCNc1nc(OC)nc(N2CCN3C(=O)NCC3C2)n1. The van der Waals surface area contributed by atoms with E-state index < -0.39 is 0 Å². The van der Waals surface area contributed by atoms with Gasteiger partial charge < -0.3 is 25.2 Å². The fourth-order valence-corrected chi connectivity index (χ4v) is 2.60. The Hall–Kier alpha value is -2.32. The Kier molecular flexibility index (Phi) is 3.63. The van der Waals surface area contributed by atoms with Crippen molar-refractivity contribution in [3.63, 3.8) is 0 Å². The molecule has 0 spiro atoms. The Bertz CT molecular complexity index is 538. The maximum Gasteiger partial charge on any atom is 0.322 e. The van der Waals surface area contributed by atoms with Crippen LogP contribution in [-0.4, -0.2) is 71.8 Å². The molecule has 0 saturated carbocycles. The van der Waals surface area contributed by atoms with Crippen LogP contribution < -0.4 is 20.3 Å². The number of carbonyl (C=O) groups excluding carboxylic acids is 1. The number of ether oxygens (including phenoxy) is 1. The van der Waals surface area contributed by atoms with Crippen LogP contribution in [-0.2, 0) is 0 Å². The average molecular weight is 293 g/mol. The van der Waals surface area contributed by atoms with Crippen LogP contribution in [0.5, 0.6) is 6.01 Å². The molecule has 3 heterocycles. The van der Waals surface area contributed by atoms with Crippen molar-refractivity contribution in [3.05, 3.63) is 0 Å². The van der Waals surface area contributed by atoms with Crippen molar-refractivity contribution in [2.24, 2.45) is 0 Å². The van der Waals surface area contributed by atoms with E-state index in [4.69, 9.17) is 4.74 Å². The third-order valence-corrected chi connectivity index (χ3v) is 3.64. The molecule has 1 atom stereocenters. The topological polar surface area (TPSA) is 95.5 Å². The van der Waals surface area contributed by atoms with E-state index in [-0.39, 0.29) is 12.1 Å². The maximum atomic E-state index is 11.6. The van der Waals surface area contributed by atoms with Crippen LogP contribution in [0.2, 0.25) is 0 Å². The molecule has 21 heavy (non-hydrogen) atoms. The van der Waals surface area contributed by atoms with E-state index in [0.29, 0.717) is 44.1 Å². The zero-order chi connectivity index (χ0) is 14.8. The number of anilines is 2. The van der Waals surface area contributed by atoms with Gasteiger partial charge in [-0.25, -0.2) is 4.79 Å². The molecule has 2 N–H and O–H groups in total. The highest BCUT2D eigenvalue weighted by Crippen LogP contribution is 2.20. The fourth-order valence-electron chi connectivity index (χ4n) is 2.60. The smallest absolute Gasteiger partial charge is 0.322 e. The van der Waals surface area contributed by atoms with Gasteiger partial charge in [-0.2, -0.15) is 15.0 Å². The summed E-state index contributed by atoms with van der Waals surface area (Å²) >= 11 is 0. The molecule has 0 aliphatic carbocycles. The summed E-state index contributed by atoms with van der Waals surface area (Å²) in [6.07, 6.45) is 0. The van der Waals surface area contributed by atoms with Gasteiger partial charge in [-0.1, -0.05) is 0 Å². The van der Waals surface area contributed by atoms with Crippen molar-refractivity contribution in [1.29, 1.82) is 0 Å². The zero-order valence-electron chi connectivity index (χ0n) is 12.2. The lowest BCUT2D eigenvalue weighted by molar-refractivity contribution is 0.197. The molecule has 0 radical (unpaired) electrons. The first-order valence-electron chi connectivity index (χ1n) is 7.04. The number of amides is 2. The summed E-state index contributed by atoms with van der Waals surface area (Å²) in [6.45, 7) is 5.44. The zero-order valence-corrected chi connectivity index (χ0v) is 12.2. The molecule has 2 fully saturated rings. The molecule has 1 unspecified atom stereocenters. The van der Waals surface area contributed by atoms with Crippen LogP contribution in [0.4, 0.5) is 16.7 Å². The van der Waals surface area contributed by atoms with Gasteiger partial charge in [0.2, 0.25) is 11.9 Å². The highest BCUT2D eigenvalue weighted by atomic mass is 16.5. The van der Waals surface area contributed by atoms with Crippen LogP contribution in [0.25, 0.3) is 0 Å². The first-order valence-corrected chi connectivity index (χ1v) is 7.04. The van der Waals surface area contributed by atoms with E-state index in [2.05, 4.69) is 30.5 Å². The molecule has 2 aliphatic heterocycles. The van der Waals surface area contributed by atoms with E-state index in [9.17, 15) is 4.79 Å². The van der Waals surface area contributed by atoms with Crippen molar-refractivity contribution >= 4 is 17.9 Å². The minimum absolute atomic E-state index is 0.0150. The average Bonchev–Trinajstić information content (AvgIpc) is 2.88. The Balaban J connectivity index is 1.80. The van der Waals surface area contributed by atoms with Crippen molar-refractivity contribution in [2.45, 2.75) is 13.0 Å². The Morgan fingerprint density at radius 2 is 2.24 bits per heavy atom. The number of nitrogens with one attached hydrogen (secondary N) is 2. The molecule has 1 aromatic rings. The van der Waals surface area contributed by atoms with Crippen LogP contribution in [0.3, 0.4) is 0 Å². The van der Waals surface area contributed by atoms with Gasteiger partial charge in [-0.3, -0.25) is 0 Å². The number of carbonyl (C=O) groups is 1. The predicted molar refractivity (Wildman–Crippen MR) is 76.6 cm³/mol. The number of hydrogen-bond donors (Lipinski definition) is 2. The Morgan fingerprint density at radius 3 is 3.00 bits per heavy atom. The number of nitrogens with zero attached hydrogens (tertiary/aromatic N) is 5. The van der Waals surface area contributed by atoms with E-state index in [1.165, 1.54) is 7.11 Å². The van der Waals surface area contributed by atoms with E-state index in [1.54, 1.807) is 0 Å². The first-order chi connectivity index (χ1) is 10.2. The third-order valence-electron chi connectivity index (χ3n) is 3.64. The summed E-state index contributed by atoms with van der Waals surface area (Å²) in [4.78, 5) is 28.4. The Morgan fingerprint density at radius 1 is 1.38 bits per heavy atom. The van der Waals surface area contributed by atoms with Crippen molar-refractivity contribution in [3.8, 4) is 6.01 Å². The van der Waals surface area contributed by atoms with E-state index >= 15 is 0 Å². The lowest BCUT2D eigenvalue weighted by atomic mass is 10.2. The van der Waals surface area contributed by atoms with Crippen LogP contribution in [0, 0.1) is 0 Å². The second kappa shape index (κ2) is 5.58. The molecule has 0 aromatic carbocycles. The summed E-state index contributed by atoms with van der Waals surface area (Å²) in [5.41, 5.74) is 0. The minimum atomic E-state index is 0.0150. The fraction of sp³-hybridized carbons (Fsp3) is 0.667. The number of fused-ring (bicyclic) bond motifs is 1. The van der Waals surface area contributed by atoms with Gasteiger partial charge in [-0.15, -0.1) is 0 Å². The van der Waals surface area contributed by atoms with Gasteiger partial charge in [0.25, 0.3) is 0 Å². The van der Waals surface area contributed by atoms with E-state index in [0.717, 1.165) is 6.54 Å². The highest BCUT2D eigenvalue weighted by molar-refractivity contribution is 5.77. The number of aromatic nitrogens is 3. The number of hydrogen-bond acceptors (Lipinski definition) is 7. The molecule has 1 aromatic heterocycles. The van der Waals surface area contributed by atoms with Crippen molar-refractivity contribution in [1.82, 2.24) is 25.2 Å². The summed E-state index contributed by atoms with van der Waals surface area (Å²) in [5.74, 6) is 1.08. The highest BCUT2D eigenvalue weighted by Gasteiger charge is 2.36. The quantitative estimate of drug-likeness (QED) is 0.774. The maximum absolute atomic E-state index is 11.6. The normalized spacial score (nSPS) is 21.0. The molecular formula is C12H19N7O2. The largest absolute Gasteiger partial charge is 0.467 e. The molecule has 114 valence electrons. The number of urea groups is 1. The number of piperazine rings is 1. The molecule has 9 heteroatoms. The monoisotopic (exact) mass is 293 g/mol. The molecule has 3 rings (SSSR count). The van der Waals surface area contributed by atoms with Gasteiger partial charge in [0.05, 0.1) is 13.2 Å². The number of methoxy groups -OCH3 is 1. The summed E-state index contributed by atoms with van der Waals surface area (Å²) in [6, 6.07) is 0.469. The third kappa shape index (κ3) is 2.63. The van der Waals surface area contributed by atoms with Crippen molar-refractivity contribution < 1.29 is 9.53 Å². The van der Waals surface area contributed by atoms with E-state index in [1.807, 2.05) is 11.8 Å². The predicted octanol–water partition coefficient (Wildman–Crippen LogP) is -0.474. The lowest BCUT2D eigenvalue weighted by Gasteiger charge is -2.36. The first kappa shape index (κ1) is 13.7. The van der Waals surface area contributed by atoms with Crippen molar-refractivity contribution in [2.75, 3.05) is 50.1 Å². The van der Waals surface area contributed by atoms with Gasteiger partial charge in [0.1, 0.15) is 0 Å². The minimum Gasteiger partial charge on any atom is -0.467 e. The van der Waals surface area contributed by atoms with Crippen LogP contribution >= 0.6 is 0 Å². The number of rotatable bonds is 4. The van der Waals surface area contributed by atoms with Gasteiger partial charge in [0, 0.05) is 32.7 Å².